The maximum atomic E-state index is 12.6. The van der Waals surface area contributed by atoms with Crippen LogP contribution in [0.25, 0.3) is 0 Å². The fraction of sp³-hybridized carbons (Fsp3) is 0.286. The Kier molecular flexibility index (Phi) is 6.00. The average molecular weight is 370 g/mol. The van der Waals surface area contributed by atoms with Crippen LogP contribution in [0, 0.1) is 0 Å². The number of fused-ring (bicyclic) bond motifs is 1. The van der Waals surface area contributed by atoms with Crippen LogP contribution < -0.4 is 0 Å². The molecule has 27 heavy (non-hydrogen) atoms. The van der Waals surface area contributed by atoms with Crippen LogP contribution in [0.5, 0.6) is 11.5 Å². The van der Waals surface area contributed by atoms with Gasteiger partial charge in [-0.25, -0.2) is 0 Å². The number of carbonyl (C=O) groups is 3. The normalized spacial score (nSPS) is 13.6. The van der Waals surface area contributed by atoms with Gasteiger partial charge in [-0.15, -0.1) is 0 Å². The van der Waals surface area contributed by atoms with Gasteiger partial charge in [0.15, 0.2) is 11.6 Å². The Balaban J connectivity index is 2.61. The maximum absolute atomic E-state index is 12.6. The molecule has 1 aromatic carbocycles. The third-order valence-electron chi connectivity index (χ3n) is 4.02. The van der Waals surface area contributed by atoms with Crippen LogP contribution in [0.4, 0.5) is 0 Å². The summed E-state index contributed by atoms with van der Waals surface area (Å²) in [7, 11) is 0. The molecule has 0 amide bonds. The van der Waals surface area contributed by atoms with E-state index in [4.69, 9.17) is 4.74 Å². The van der Waals surface area contributed by atoms with Crippen LogP contribution in [-0.4, -0.2) is 27.7 Å². The van der Waals surface area contributed by atoms with E-state index in [1.54, 1.807) is 19.9 Å². The lowest BCUT2D eigenvalue weighted by Crippen LogP contribution is -2.18. The summed E-state index contributed by atoms with van der Waals surface area (Å²) in [5, 5.41) is 20.9. The monoisotopic (exact) mass is 370 g/mol. The average Bonchev–Trinajstić information content (AvgIpc) is 2.58. The molecule has 0 aromatic heterocycles. The highest BCUT2D eigenvalue weighted by Gasteiger charge is 2.33. The quantitative estimate of drug-likeness (QED) is 0.352. The van der Waals surface area contributed by atoms with Crippen molar-refractivity contribution >= 4 is 17.5 Å². The first kappa shape index (κ1) is 20.2. The molecule has 0 saturated carbocycles. The second kappa shape index (κ2) is 8.03. The largest absolute Gasteiger partial charge is 0.507 e. The Hall–Kier alpha value is -3.15. The van der Waals surface area contributed by atoms with E-state index in [9.17, 15) is 24.6 Å². The fourth-order valence-electron chi connectivity index (χ4n) is 2.71. The number of rotatable bonds is 5. The standard InChI is InChI=1S/C21H22O6/c1-11(2)5-6-13(21(26)27-10-12(3)4)14-9-17(24)18-15(22)7-8-16(23)19(18)20(14)25/h5,7-10,13,24-25H,6H2,1-4H3/t13-/m1/s1. The van der Waals surface area contributed by atoms with E-state index in [1.165, 1.54) is 6.26 Å². The van der Waals surface area contributed by atoms with E-state index in [0.717, 1.165) is 29.4 Å². The molecule has 0 unspecified atom stereocenters. The summed E-state index contributed by atoms with van der Waals surface area (Å²) < 4.78 is 5.15. The summed E-state index contributed by atoms with van der Waals surface area (Å²) in [6.07, 6.45) is 5.34. The summed E-state index contributed by atoms with van der Waals surface area (Å²) in [5.74, 6) is -3.76. The maximum Gasteiger partial charge on any atom is 0.318 e. The number of benzene rings is 1. The zero-order chi connectivity index (χ0) is 20.3. The predicted molar refractivity (Wildman–Crippen MR) is 99.9 cm³/mol. The zero-order valence-electron chi connectivity index (χ0n) is 15.7. The van der Waals surface area contributed by atoms with Crippen molar-refractivity contribution in [3.05, 3.63) is 58.4 Å². The number of ether oxygens (including phenoxy) is 1. The Morgan fingerprint density at radius 3 is 2.19 bits per heavy atom. The number of aromatic hydroxyl groups is 2. The highest BCUT2D eigenvalue weighted by Crippen LogP contribution is 2.41. The second-order valence-electron chi connectivity index (χ2n) is 6.85. The molecule has 6 nitrogen and oxygen atoms in total. The van der Waals surface area contributed by atoms with E-state index in [1.807, 2.05) is 13.8 Å². The number of hydrogen-bond acceptors (Lipinski definition) is 6. The summed E-state index contributed by atoms with van der Waals surface area (Å²) >= 11 is 0. The van der Waals surface area contributed by atoms with Crippen LogP contribution in [0.1, 0.15) is 66.3 Å². The first-order valence-electron chi connectivity index (χ1n) is 8.46. The lowest BCUT2D eigenvalue weighted by Gasteiger charge is -2.20. The second-order valence-corrected chi connectivity index (χ2v) is 6.85. The smallest absolute Gasteiger partial charge is 0.318 e. The van der Waals surface area contributed by atoms with Gasteiger partial charge in [-0.2, -0.15) is 0 Å². The minimum atomic E-state index is -0.958. The van der Waals surface area contributed by atoms with Crippen molar-refractivity contribution in [3.63, 3.8) is 0 Å². The Labute approximate surface area is 157 Å². The Bertz CT molecular complexity index is 894. The molecule has 0 heterocycles. The van der Waals surface area contributed by atoms with Crippen molar-refractivity contribution in [1.82, 2.24) is 0 Å². The van der Waals surface area contributed by atoms with Crippen molar-refractivity contribution in [1.29, 1.82) is 0 Å². The third kappa shape index (κ3) is 4.34. The molecule has 0 bridgehead atoms. The zero-order valence-corrected chi connectivity index (χ0v) is 15.7. The van der Waals surface area contributed by atoms with E-state index in [-0.39, 0.29) is 23.1 Å². The molecule has 6 heteroatoms. The molecular weight excluding hydrogens is 348 g/mol. The molecular formula is C21H22O6. The van der Waals surface area contributed by atoms with Crippen LogP contribution in [0.3, 0.4) is 0 Å². The van der Waals surface area contributed by atoms with Gasteiger partial charge in [0.1, 0.15) is 11.5 Å². The molecule has 0 radical (unpaired) electrons. The summed E-state index contributed by atoms with van der Waals surface area (Å²) in [4.78, 5) is 36.8. The molecule has 1 atom stereocenters. The number of allylic oxidation sites excluding steroid dienone is 5. The number of ketones is 2. The number of carbonyl (C=O) groups excluding carboxylic acids is 3. The minimum Gasteiger partial charge on any atom is -0.507 e. The Morgan fingerprint density at radius 1 is 1.04 bits per heavy atom. The third-order valence-corrected chi connectivity index (χ3v) is 4.02. The number of phenolic OH excluding ortho intramolecular Hbond substituents is 2. The fourth-order valence-corrected chi connectivity index (χ4v) is 2.71. The van der Waals surface area contributed by atoms with Gasteiger partial charge in [0, 0.05) is 5.56 Å². The number of hydrogen-bond donors (Lipinski definition) is 2. The minimum absolute atomic E-state index is 0.0346. The molecule has 0 fully saturated rings. The summed E-state index contributed by atoms with van der Waals surface area (Å²) in [5.41, 5.74) is 1.20. The van der Waals surface area contributed by atoms with Gasteiger partial charge in [-0.1, -0.05) is 11.6 Å². The van der Waals surface area contributed by atoms with Crippen LogP contribution in [0.15, 0.2) is 41.7 Å². The molecule has 1 aliphatic carbocycles. The van der Waals surface area contributed by atoms with Crippen molar-refractivity contribution in [2.45, 2.75) is 40.0 Å². The first-order chi connectivity index (χ1) is 12.6. The Morgan fingerprint density at radius 2 is 1.63 bits per heavy atom. The molecule has 2 rings (SSSR count). The van der Waals surface area contributed by atoms with Crippen molar-refractivity contribution in [2.24, 2.45) is 0 Å². The van der Waals surface area contributed by atoms with E-state index >= 15 is 0 Å². The topological polar surface area (TPSA) is 101 Å². The van der Waals surface area contributed by atoms with Gasteiger partial charge in [0.2, 0.25) is 0 Å². The van der Waals surface area contributed by atoms with Gasteiger partial charge in [0.05, 0.1) is 23.3 Å². The van der Waals surface area contributed by atoms with E-state index in [2.05, 4.69) is 0 Å². The van der Waals surface area contributed by atoms with Crippen molar-refractivity contribution < 1.29 is 29.3 Å². The highest BCUT2D eigenvalue weighted by molar-refractivity contribution is 6.24. The van der Waals surface area contributed by atoms with E-state index < -0.39 is 35.0 Å². The predicted octanol–water partition coefficient (Wildman–Crippen LogP) is 3.94. The number of esters is 1. The number of phenols is 2. The SMILES string of the molecule is CC(C)=CC[C@@H](C(=O)OC=C(C)C)c1cc(O)c2c(c1O)C(=O)C=CC2=O. The molecule has 142 valence electrons. The van der Waals surface area contributed by atoms with Crippen LogP contribution in [0.2, 0.25) is 0 Å². The highest BCUT2D eigenvalue weighted by atomic mass is 16.5. The van der Waals surface area contributed by atoms with Gasteiger partial charge in [0.25, 0.3) is 0 Å². The molecule has 0 saturated heterocycles. The van der Waals surface area contributed by atoms with Gasteiger partial charge in [-0.3, -0.25) is 14.4 Å². The first-order valence-corrected chi connectivity index (χ1v) is 8.46. The van der Waals surface area contributed by atoms with Crippen molar-refractivity contribution in [3.8, 4) is 11.5 Å². The molecule has 2 N–H and O–H groups in total. The molecule has 0 aliphatic heterocycles. The molecule has 1 aliphatic rings. The van der Waals surface area contributed by atoms with Gasteiger partial charge >= 0.3 is 5.97 Å². The lowest BCUT2D eigenvalue weighted by atomic mass is 9.85. The lowest BCUT2D eigenvalue weighted by molar-refractivity contribution is -0.139. The van der Waals surface area contributed by atoms with Crippen molar-refractivity contribution in [2.75, 3.05) is 0 Å². The molecule has 1 aromatic rings. The van der Waals surface area contributed by atoms with Crippen LogP contribution >= 0.6 is 0 Å². The van der Waals surface area contributed by atoms with Crippen LogP contribution in [-0.2, 0) is 9.53 Å². The summed E-state index contributed by atoms with van der Waals surface area (Å²) in [6.45, 7) is 7.24. The molecule has 0 spiro atoms. The summed E-state index contributed by atoms with van der Waals surface area (Å²) in [6, 6.07) is 1.14. The van der Waals surface area contributed by atoms with E-state index in [0.29, 0.717) is 0 Å². The van der Waals surface area contributed by atoms with Gasteiger partial charge < -0.3 is 14.9 Å². The van der Waals surface area contributed by atoms with Gasteiger partial charge in [-0.05, 0) is 57.9 Å².